The van der Waals surface area contributed by atoms with Gasteiger partial charge in [0.05, 0.1) is 6.61 Å². The van der Waals surface area contributed by atoms with E-state index >= 15 is 8.78 Å². The number of nitrogens with two attached hydrogens (primary N) is 1. The van der Waals surface area contributed by atoms with Crippen molar-refractivity contribution in [3.05, 3.63) is 47.8 Å². The molecule has 38 heavy (non-hydrogen) atoms. The number of primary amides is 1. The number of hydrogen-bond donors (Lipinski definition) is 1. The number of rotatable bonds is 8. The van der Waals surface area contributed by atoms with Gasteiger partial charge in [-0.2, -0.15) is 0 Å². The topological polar surface area (TPSA) is 75.9 Å². The minimum absolute atomic E-state index is 0.0809. The van der Waals surface area contributed by atoms with Gasteiger partial charge in [-0.1, -0.05) is 24.3 Å². The van der Waals surface area contributed by atoms with Crippen molar-refractivity contribution in [2.45, 2.75) is 57.3 Å². The van der Waals surface area contributed by atoms with Crippen LogP contribution >= 0.6 is 0 Å². The van der Waals surface area contributed by atoms with Gasteiger partial charge in [0.1, 0.15) is 5.67 Å². The number of halogens is 3. The minimum atomic E-state index is -2.33. The van der Waals surface area contributed by atoms with Gasteiger partial charge in [0, 0.05) is 37.5 Å². The van der Waals surface area contributed by atoms with E-state index in [0.717, 1.165) is 25.9 Å². The third-order valence-corrected chi connectivity index (χ3v) is 7.77. The average Bonchev–Trinajstić information content (AvgIpc) is 2.88. The lowest BCUT2D eigenvalue weighted by Gasteiger charge is -2.37. The van der Waals surface area contributed by atoms with Crippen LogP contribution in [0.1, 0.15) is 51.5 Å². The molecule has 3 aliphatic rings. The summed E-state index contributed by atoms with van der Waals surface area (Å²) >= 11 is 0. The number of amides is 2. The molecule has 0 aromatic heterocycles. The molecule has 9 heteroatoms. The summed E-state index contributed by atoms with van der Waals surface area (Å²) in [6.07, 6.45) is 7.12. The number of alkyl halides is 2. The number of carbonyl (C=O) groups is 2. The van der Waals surface area contributed by atoms with Crippen molar-refractivity contribution in [3.8, 4) is 5.75 Å². The average molecular weight is 534 g/mol. The Hall–Kier alpha value is -2.81. The van der Waals surface area contributed by atoms with Gasteiger partial charge in [0.25, 0.3) is 5.91 Å². The number of ether oxygens (including phenoxy) is 1. The van der Waals surface area contributed by atoms with Gasteiger partial charge in [-0.3, -0.25) is 9.59 Å². The van der Waals surface area contributed by atoms with Gasteiger partial charge in [0.2, 0.25) is 11.6 Å². The van der Waals surface area contributed by atoms with Crippen LogP contribution in [0.3, 0.4) is 0 Å². The molecule has 2 fully saturated rings. The summed E-state index contributed by atoms with van der Waals surface area (Å²) < 4.78 is 51.1. The van der Waals surface area contributed by atoms with E-state index in [4.69, 9.17) is 10.5 Å². The van der Waals surface area contributed by atoms with Crippen molar-refractivity contribution in [2.75, 3.05) is 39.3 Å². The van der Waals surface area contributed by atoms with Gasteiger partial charge in [-0.05, 0) is 76.2 Å². The van der Waals surface area contributed by atoms with Crippen molar-refractivity contribution in [3.63, 3.8) is 0 Å². The van der Waals surface area contributed by atoms with Crippen LogP contribution in [0.5, 0.6) is 5.75 Å². The van der Waals surface area contributed by atoms with Crippen LogP contribution < -0.4 is 10.5 Å². The number of carbonyl (C=O) groups excluding carboxylic acids is 2. The number of nitrogens with zero attached hydrogens (tertiary/aromatic N) is 2. The molecule has 208 valence electrons. The second-order valence-corrected chi connectivity index (χ2v) is 11.4. The smallest absolute Gasteiger partial charge is 0.265 e. The monoisotopic (exact) mass is 533 g/mol. The number of hydrogen-bond acceptors (Lipinski definition) is 4. The Morgan fingerprint density at radius 2 is 1.82 bits per heavy atom. The van der Waals surface area contributed by atoms with Gasteiger partial charge in [0.15, 0.2) is 11.6 Å². The van der Waals surface area contributed by atoms with Gasteiger partial charge in [-0.15, -0.1) is 0 Å². The second kappa shape index (κ2) is 11.5. The van der Waals surface area contributed by atoms with E-state index in [1.165, 1.54) is 23.1 Å². The van der Waals surface area contributed by atoms with Gasteiger partial charge < -0.3 is 20.3 Å². The molecular weight excluding hydrogens is 495 g/mol. The van der Waals surface area contributed by atoms with E-state index in [1.54, 1.807) is 32.1 Å². The Bertz CT molecular complexity index is 1080. The van der Waals surface area contributed by atoms with Crippen LogP contribution in [0.25, 0.3) is 5.57 Å². The molecule has 2 heterocycles. The van der Waals surface area contributed by atoms with Gasteiger partial charge in [-0.25, -0.2) is 13.2 Å². The molecular formula is C29H38F3N3O3. The summed E-state index contributed by atoms with van der Waals surface area (Å²) in [6, 6.07) is 4.28. The van der Waals surface area contributed by atoms with Crippen LogP contribution in [0.2, 0.25) is 0 Å². The van der Waals surface area contributed by atoms with Crippen LogP contribution in [0.15, 0.2) is 36.4 Å². The largest absolute Gasteiger partial charge is 0.490 e. The molecule has 2 saturated heterocycles. The van der Waals surface area contributed by atoms with E-state index in [9.17, 15) is 14.0 Å². The summed E-state index contributed by atoms with van der Waals surface area (Å²) in [5.74, 6) is -1.69. The first-order valence-electron chi connectivity index (χ1n) is 13.5. The first-order chi connectivity index (χ1) is 18.0. The summed E-state index contributed by atoms with van der Waals surface area (Å²) in [5, 5.41) is 0. The lowest BCUT2D eigenvalue weighted by Crippen LogP contribution is -2.51. The minimum Gasteiger partial charge on any atom is -0.490 e. The molecule has 0 saturated carbocycles. The highest BCUT2D eigenvalue weighted by Crippen LogP contribution is 2.40. The fourth-order valence-electron chi connectivity index (χ4n) is 5.62. The number of benzene rings is 1. The number of likely N-dealkylation sites (tertiary alicyclic amines) is 2. The maximum Gasteiger partial charge on any atom is 0.265 e. The lowest BCUT2D eigenvalue weighted by atomic mass is 9.82. The third-order valence-electron chi connectivity index (χ3n) is 7.77. The van der Waals surface area contributed by atoms with Crippen molar-refractivity contribution < 1.29 is 27.5 Å². The zero-order valence-corrected chi connectivity index (χ0v) is 22.2. The van der Waals surface area contributed by atoms with E-state index in [2.05, 4.69) is 4.90 Å². The first-order valence-corrected chi connectivity index (χ1v) is 13.5. The fraction of sp³-hybridized carbons (Fsp3) is 0.586. The summed E-state index contributed by atoms with van der Waals surface area (Å²) in [6.45, 7) is 5.94. The Morgan fingerprint density at radius 1 is 1.13 bits per heavy atom. The highest BCUT2D eigenvalue weighted by molar-refractivity contribution is 6.00. The quantitative estimate of drug-likeness (QED) is 0.536. The molecule has 4 rings (SSSR count). The van der Waals surface area contributed by atoms with Crippen LogP contribution in [-0.4, -0.2) is 72.3 Å². The van der Waals surface area contributed by atoms with Crippen LogP contribution in [0, 0.1) is 17.7 Å². The highest BCUT2D eigenvalue weighted by Gasteiger charge is 2.46. The normalized spacial score (nSPS) is 23.8. The van der Waals surface area contributed by atoms with Crippen LogP contribution in [-0.2, 0) is 9.59 Å². The molecule has 2 aliphatic heterocycles. The molecule has 1 aliphatic carbocycles. The maximum absolute atomic E-state index is 16.3. The first kappa shape index (κ1) is 28.2. The molecule has 0 bridgehead atoms. The molecule has 0 spiro atoms. The second-order valence-electron chi connectivity index (χ2n) is 11.4. The predicted molar refractivity (Wildman–Crippen MR) is 140 cm³/mol. The standard InChI is InChI=1S/C29H38F3N3O3/c1-28(2,31)19-34-13-8-20(9-14-34)18-38-25-7-6-22(17-24(25)30)23-5-3-4-12-29(23,32)27(37)35-15-10-21(11-16-35)26(33)36/h3-7,17,20-21H,8-16,18-19H2,1-2H3,(H2,33,36). The molecule has 1 aromatic rings. The highest BCUT2D eigenvalue weighted by atomic mass is 19.1. The summed E-state index contributed by atoms with van der Waals surface area (Å²) in [7, 11) is 0. The van der Waals surface area contributed by atoms with Gasteiger partial charge >= 0.3 is 0 Å². The summed E-state index contributed by atoms with van der Waals surface area (Å²) in [4.78, 5) is 28.3. The predicted octanol–water partition coefficient (Wildman–Crippen LogP) is 4.44. The van der Waals surface area contributed by atoms with E-state index in [1.807, 2.05) is 0 Å². The Balaban J connectivity index is 1.38. The van der Waals surface area contributed by atoms with Crippen LogP contribution in [0.4, 0.5) is 13.2 Å². The van der Waals surface area contributed by atoms with E-state index < -0.39 is 29.0 Å². The van der Waals surface area contributed by atoms with E-state index in [0.29, 0.717) is 26.0 Å². The molecule has 1 unspecified atom stereocenters. The molecule has 0 radical (unpaired) electrons. The van der Waals surface area contributed by atoms with Crippen molar-refractivity contribution >= 4 is 17.4 Å². The summed E-state index contributed by atoms with van der Waals surface area (Å²) in [5.41, 5.74) is 2.20. The van der Waals surface area contributed by atoms with E-state index in [-0.39, 0.29) is 48.2 Å². The maximum atomic E-state index is 16.3. The Labute approximate surface area is 222 Å². The van der Waals surface area contributed by atoms with Crippen molar-refractivity contribution in [2.24, 2.45) is 17.6 Å². The van der Waals surface area contributed by atoms with Crippen molar-refractivity contribution in [1.29, 1.82) is 0 Å². The lowest BCUT2D eigenvalue weighted by molar-refractivity contribution is -0.142. The zero-order chi connectivity index (χ0) is 27.5. The Morgan fingerprint density at radius 3 is 2.42 bits per heavy atom. The molecule has 1 atom stereocenters. The molecule has 6 nitrogen and oxygen atoms in total. The fourth-order valence-corrected chi connectivity index (χ4v) is 5.62. The third kappa shape index (κ3) is 6.60. The number of piperidine rings is 2. The van der Waals surface area contributed by atoms with Crippen molar-refractivity contribution in [1.82, 2.24) is 9.80 Å². The molecule has 2 N–H and O–H groups in total. The SMILES string of the molecule is CC(C)(F)CN1CCC(COc2ccc(C3=CC=CCC3(F)C(=O)N3CCC(C(N)=O)CC3)cc2F)CC1. The molecule has 1 aromatic carbocycles. The molecule has 2 amide bonds. The zero-order valence-electron chi connectivity index (χ0n) is 22.2. The number of allylic oxidation sites excluding steroid dienone is 3. The Kier molecular flexibility index (Phi) is 8.55.